The maximum absolute atomic E-state index is 12.3. The summed E-state index contributed by atoms with van der Waals surface area (Å²) in [5, 5.41) is 0. The first-order valence-electron chi connectivity index (χ1n) is 6.35. The Morgan fingerprint density at radius 2 is 1.88 bits per heavy atom. The average molecular weight is 226 g/mol. The lowest BCUT2D eigenvalue weighted by atomic mass is 10.1. The molecule has 2 atom stereocenters. The Morgan fingerprint density at radius 3 is 2.56 bits per heavy atom. The van der Waals surface area contributed by atoms with Gasteiger partial charge in [0.1, 0.15) is 0 Å². The highest BCUT2D eigenvalue weighted by Gasteiger charge is 2.30. The van der Waals surface area contributed by atoms with Gasteiger partial charge in [-0.2, -0.15) is 0 Å². The minimum Gasteiger partial charge on any atom is -0.375 e. The van der Waals surface area contributed by atoms with Gasteiger partial charge < -0.3 is 14.5 Å². The van der Waals surface area contributed by atoms with E-state index in [2.05, 4.69) is 6.92 Å². The van der Waals surface area contributed by atoms with Crippen molar-refractivity contribution in [2.24, 2.45) is 0 Å². The van der Waals surface area contributed by atoms with Crippen LogP contribution in [0.1, 0.15) is 33.1 Å². The number of ether oxygens (including phenoxy) is 1. The second kappa shape index (κ2) is 5.04. The van der Waals surface area contributed by atoms with Gasteiger partial charge in [0, 0.05) is 19.6 Å². The van der Waals surface area contributed by atoms with Gasteiger partial charge in [0.05, 0.1) is 18.8 Å². The highest BCUT2D eigenvalue weighted by Crippen LogP contribution is 2.17. The second-order valence-corrected chi connectivity index (χ2v) is 4.98. The van der Waals surface area contributed by atoms with E-state index in [4.69, 9.17) is 4.74 Å². The maximum Gasteiger partial charge on any atom is 0.320 e. The number of morpholine rings is 1. The molecule has 4 heteroatoms. The highest BCUT2D eigenvalue weighted by molar-refractivity contribution is 5.75. The zero-order valence-electron chi connectivity index (χ0n) is 10.3. The Labute approximate surface area is 97.5 Å². The van der Waals surface area contributed by atoms with Crippen LogP contribution in [0.5, 0.6) is 0 Å². The molecular weight excluding hydrogens is 204 g/mol. The molecule has 0 saturated carbocycles. The normalized spacial score (nSPS) is 31.6. The van der Waals surface area contributed by atoms with E-state index in [9.17, 15) is 4.79 Å². The van der Waals surface area contributed by atoms with E-state index in [1.54, 1.807) is 0 Å². The number of rotatable bonds is 0. The first-order valence-corrected chi connectivity index (χ1v) is 6.35. The lowest BCUT2D eigenvalue weighted by Gasteiger charge is -2.40. The summed E-state index contributed by atoms with van der Waals surface area (Å²) in [6.07, 6.45) is 3.74. The molecule has 0 aromatic carbocycles. The first-order chi connectivity index (χ1) is 7.68. The van der Waals surface area contributed by atoms with Crippen LogP contribution in [0.25, 0.3) is 0 Å². The van der Waals surface area contributed by atoms with Crippen molar-refractivity contribution in [1.29, 1.82) is 0 Å². The van der Waals surface area contributed by atoms with Gasteiger partial charge in [-0.1, -0.05) is 0 Å². The third kappa shape index (κ3) is 2.48. The van der Waals surface area contributed by atoms with Gasteiger partial charge in [-0.3, -0.25) is 0 Å². The molecule has 0 spiro atoms. The predicted molar refractivity (Wildman–Crippen MR) is 62.4 cm³/mol. The summed E-state index contributed by atoms with van der Waals surface area (Å²) >= 11 is 0. The van der Waals surface area contributed by atoms with Crippen molar-refractivity contribution in [3.05, 3.63) is 0 Å². The number of hydrogen-bond donors (Lipinski definition) is 0. The van der Waals surface area contributed by atoms with Crippen LogP contribution < -0.4 is 0 Å². The zero-order chi connectivity index (χ0) is 11.5. The van der Waals surface area contributed by atoms with Crippen molar-refractivity contribution in [2.45, 2.75) is 45.3 Å². The summed E-state index contributed by atoms with van der Waals surface area (Å²) < 4.78 is 5.55. The van der Waals surface area contributed by atoms with Crippen molar-refractivity contribution in [1.82, 2.24) is 9.80 Å². The summed E-state index contributed by atoms with van der Waals surface area (Å²) in [5.74, 6) is 0. The Bertz CT molecular complexity index is 251. The van der Waals surface area contributed by atoms with Gasteiger partial charge in [-0.25, -0.2) is 4.79 Å². The molecule has 2 unspecified atom stereocenters. The highest BCUT2D eigenvalue weighted by atomic mass is 16.5. The fourth-order valence-electron chi connectivity index (χ4n) is 2.44. The molecule has 0 radical (unpaired) electrons. The monoisotopic (exact) mass is 226 g/mol. The van der Waals surface area contributed by atoms with Crippen LogP contribution in [0, 0.1) is 0 Å². The van der Waals surface area contributed by atoms with E-state index >= 15 is 0 Å². The van der Waals surface area contributed by atoms with E-state index in [1.807, 2.05) is 16.7 Å². The predicted octanol–water partition coefficient (Wildman–Crippen LogP) is 1.70. The molecule has 0 aromatic heterocycles. The molecule has 2 heterocycles. The minimum absolute atomic E-state index is 0.171. The third-order valence-electron chi connectivity index (χ3n) is 3.48. The smallest absolute Gasteiger partial charge is 0.320 e. The molecule has 2 amide bonds. The van der Waals surface area contributed by atoms with Gasteiger partial charge in [-0.15, -0.1) is 0 Å². The van der Waals surface area contributed by atoms with Gasteiger partial charge in [0.15, 0.2) is 0 Å². The summed E-state index contributed by atoms with van der Waals surface area (Å²) in [6, 6.07) is 0.424. The summed E-state index contributed by atoms with van der Waals surface area (Å²) in [7, 11) is 0. The minimum atomic E-state index is 0.171. The number of hydrogen-bond acceptors (Lipinski definition) is 2. The molecular formula is C12H22N2O2. The zero-order valence-corrected chi connectivity index (χ0v) is 10.3. The molecule has 2 saturated heterocycles. The topological polar surface area (TPSA) is 32.8 Å². The van der Waals surface area contributed by atoms with Crippen LogP contribution in [0.4, 0.5) is 4.79 Å². The number of carbonyl (C=O) groups is 1. The lowest BCUT2D eigenvalue weighted by Crippen LogP contribution is -2.55. The van der Waals surface area contributed by atoms with Crippen molar-refractivity contribution in [3.8, 4) is 0 Å². The number of urea groups is 1. The number of carbonyl (C=O) groups excluding carboxylic acids is 1. The quantitative estimate of drug-likeness (QED) is 0.630. The summed E-state index contributed by atoms with van der Waals surface area (Å²) in [6.45, 7) is 7.35. The third-order valence-corrected chi connectivity index (χ3v) is 3.48. The number of likely N-dealkylation sites (tertiary alicyclic amines) is 1. The van der Waals surface area contributed by atoms with Crippen molar-refractivity contribution < 1.29 is 9.53 Å². The molecule has 2 aliphatic heterocycles. The molecule has 92 valence electrons. The number of piperidine rings is 1. The molecule has 0 aromatic rings. The van der Waals surface area contributed by atoms with Crippen LogP contribution in [0.2, 0.25) is 0 Å². The van der Waals surface area contributed by atoms with Gasteiger partial charge in [0.25, 0.3) is 0 Å². The molecule has 4 nitrogen and oxygen atoms in total. The molecule has 2 rings (SSSR count). The van der Waals surface area contributed by atoms with Crippen LogP contribution in [0.15, 0.2) is 0 Å². The fraction of sp³-hybridized carbons (Fsp3) is 0.917. The van der Waals surface area contributed by atoms with Crippen LogP contribution >= 0.6 is 0 Å². The summed E-state index contributed by atoms with van der Waals surface area (Å²) in [4.78, 5) is 16.3. The van der Waals surface area contributed by atoms with Crippen molar-refractivity contribution in [2.75, 3.05) is 26.2 Å². The van der Waals surface area contributed by atoms with Crippen molar-refractivity contribution in [3.63, 3.8) is 0 Å². The fourth-order valence-corrected chi connectivity index (χ4v) is 2.44. The Balaban J connectivity index is 1.96. The van der Waals surface area contributed by atoms with Crippen molar-refractivity contribution >= 4 is 6.03 Å². The average Bonchev–Trinajstić information content (AvgIpc) is 2.32. The first kappa shape index (κ1) is 11.7. The molecule has 2 aliphatic rings. The largest absolute Gasteiger partial charge is 0.375 e. The van der Waals surface area contributed by atoms with Gasteiger partial charge in [0.2, 0.25) is 0 Å². The van der Waals surface area contributed by atoms with Gasteiger partial charge >= 0.3 is 6.03 Å². The molecule has 0 bridgehead atoms. The van der Waals surface area contributed by atoms with E-state index < -0.39 is 0 Å². The number of amides is 2. The standard InChI is InChI=1S/C12H22N2O2/c1-10-9-16-11(2)8-14(10)12(15)13-6-4-3-5-7-13/h10-11H,3-9H2,1-2H3. The molecule has 0 N–H and O–H groups in total. The molecule has 16 heavy (non-hydrogen) atoms. The summed E-state index contributed by atoms with van der Waals surface area (Å²) in [5.41, 5.74) is 0. The van der Waals surface area contributed by atoms with Gasteiger partial charge in [-0.05, 0) is 33.1 Å². The Morgan fingerprint density at radius 1 is 1.19 bits per heavy atom. The van der Waals surface area contributed by atoms with E-state index in [-0.39, 0.29) is 18.2 Å². The van der Waals surface area contributed by atoms with E-state index in [0.29, 0.717) is 6.61 Å². The van der Waals surface area contributed by atoms with Crippen LogP contribution in [-0.2, 0) is 4.74 Å². The molecule has 2 fully saturated rings. The Hall–Kier alpha value is -0.770. The van der Waals surface area contributed by atoms with Crippen LogP contribution in [0.3, 0.4) is 0 Å². The second-order valence-electron chi connectivity index (χ2n) is 4.98. The lowest BCUT2D eigenvalue weighted by molar-refractivity contribution is -0.0378. The van der Waals surface area contributed by atoms with E-state index in [0.717, 1.165) is 32.5 Å². The van der Waals surface area contributed by atoms with Crippen LogP contribution in [-0.4, -0.2) is 54.2 Å². The number of nitrogens with zero attached hydrogens (tertiary/aromatic N) is 2. The Kier molecular flexibility index (Phi) is 3.69. The molecule has 0 aliphatic carbocycles. The SMILES string of the molecule is CC1CN(C(=O)N2CCCCC2)C(C)CO1. The van der Waals surface area contributed by atoms with E-state index in [1.165, 1.54) is 6.42 Å². The maximum atomic E-state index is 12.3.